The maximum Gasteiger partial charge on any atom is 0.223 e. The first-order valence-electron chi connectivity index (χ1n) is 6.71. The molecule has 3 nitrogen and oxygen atoms in total. The van der Waals surface area contributed by atoms with E-state index in [0.29, 0.717) is 0 Å². The molecule has 92 valence electrons. The van der Waals surface area contributed by atoms with Crippen molar-refractivity contribution in [1.29, 1.82) is 0 Å². The van der Waals surface area contributed by atoms with Gasteiger partial charge in [0.05, 0.1) is 6.10 Å². The number of aliphatic hydroxyl groups is 1. The third-order valence-electron chi connectivity index (χ3n) is 4.11. The standard InChI is InChI=1S/C13H23NO2/c15-12-7-5-11(6-8-12)13(16)14-9-10-3-1-2-4-10/h10-12,15H,1-9H2,(H,14,16). The van der Waals surface area contributed by atoms with Gasteiger partial charge in [-0.1, -0.05) is 12.8 Å². The SMILES string of the molecule is O=C(NCC1CCCC1)C1CCC(O)CC1. The molecular formula is C13H23NO2. The smallest absolute Gasteiger partial charge is 0.223 e. The summed E-state index contributed by atoms with van der Waals surface area (Å²) in [5, 5.41) is 12.5. The lowest BCUT2D eigenvalue weighted by atomic mass is 9.87. The molecule has 0 radical (unpaired) electrons. The van der Waals surface area contributed by atoms with Crippen LogP contribution >= 0.6 is 0 Å². The Morgan fingerprint density at radius 2 is 1.69 bits per heavy atom. The van der Waals surface area contributed by atoms with Gasteiger partial charge < -0.3 is 10.4 Å². The fraction of sp³-hybridized carbons (Fsp3) is 0.923. The summed E-state index contributed by atoms with van der Waals surface area (Å²) in [5.74, 6) is 1.10. The van der Waals surface area contributed by atoms with Gasteiger partial charge in [0.2, 0.25) is 5.91 Å². The second-order valence-corrected chi connectivity index (χ2v) is 5.40. The number of aliphatic hydroxyl groups excluding tert-OH is 1. The van der Waals surface area contributed by atoms with Gasteiger partial charge >= 0.3 is 0 Å². The summed E-state index contributed by atoms with van der Waals surface area (Å²) in [7, 11) is 0. The number of amides is 1. The Balaban J connectivity index is 1.67. The summed E-state index contributed by atoms with van der Waals surface area (Å²) in [6, 6.07) is 0. The van der Waals surface area contributed by atoms with Crippen molar-refractivity contribution in [3.8, 4) is 0 Å². The molecule has 0 aromatic heterocycles. The molecule has 0 aromatic rings. The van der Waals surface area contributed by atoms with Gasteiger partial charge in [-0.3, -0.25) is 4.79 Å². The van der Waals surface area contributed by atoms with Crippen LogP contribution in [0.25, 0.3) is 0 Å². The van der Waals surface area contributed by atoms with Crippen LogP contribution < -0.4 is 5.32 Å². The molecule has 3 heteroatoms. The van der Waals surface area contributed by atoms with Crippen LogP contribution in [0.15, 0.2) is 0 Å². The van der Waals surface area contributed by atoms with Crippen molar-refractivity contribution in [3.63, 3.8) is 0 Å². The van der Waals surface area contributed by atoms with E-state index in [1.807, 2.05) is 0 Å². The molecule has 1 amide bonds. The lowest BCUT2D eigenvalue weighted by molar-refractivity contribution is -0.126. The van der Waals surface area contributed by atoms with Gasteiger partial charge in [-0.05, 0) is 44.4 Å². The zero-order valence-electron chi connectivity index (χ0n) is 9.95. The average Bonchev–Trinajstić information content (AvgIpc) is 2.80. The van der Waals surface area contributed by atoms with Crippen LogP contribution in [0.2, 0.25) is 0 Å². The predicted octanol–water partition coefficient (Wildman–Crippen LogP) is 1.84. The van der Waals surface area contributed by atoms with Crippen molar-refractivity contribution in [3.05, 3.63) is 0 Å². The Hall–Kier alpha value is -0.570. The Morgan fingerprint density at radius 1 is 1.06 bits per heavy atom. The van der Waals surface area contributed by atoms with Crippen LogP contribution in [-0.2, 0) is 4.79 Å². The van der Waals surface area contributed by atoms with E-state index in [1.54, 1.807) is 0 Å². The molecule has 2 N–H and O–H groups in total. The largest absolute Gasteiger partial charge is 0.393 e. The molecule has 0 heterocycles. The zero-order chi connectivity index (χ0) is 11.4. The summed E-state index contributed by atoms with van der Waals surface area (Å²) in [4.78, 5) is 11.9. The van der Waals surface area contributed by atoms with E-state index in [9.17, 15) is 9.90 Å². The summed E-state index contributed by atoms with van der Waals surface area (Å²) in [5.41, 5.74) is 0. The highest BCUT2D eigenvalue weighted by molar-refractivity contribution is 5.78. The van der Waals surface area contributed by atoms with E-state index in [2.05, 4.69) is 5.32 Å². The summed E-state index contributed by atoms with van der Waals surface area (Å²) < 4.78 is 0. The third kappa shape index (κ3) is 3.21. The van der Waals surface area contributed by atoms with E-state index < -0.39 is 0 Å². The third-order valence-corrected chi connectivity index (χ3v) is 4.11. The molecule has 2 saturated carbocycles. The number of hydrogen-bond donors (Lipinski definition) is 2. The summed E-state index contributed by atoms with van der Waals surface area (Å²) in [6.07, 6.45) is 8.36. The van der Waals surface area contributed by atoms with Crippen molar-refractivity contribution < 1.29 is 9.90 Å². The number of hydrogen-bond acceptors (Lipinski definition) is 2. The molecule has 0 unspecified atom stereocenters. The van der Waals surface area contributed by atoms with Crippen LogP contribution in [0.3, 0.4) is 0 Å². The molecule has 16 heavy (non-hydrogen) atoms. The minimum atomic E-state index is -0.168. The number of nitrogens with one attached hydrogen (secondary N) is 1. The molecule has 0 aromatic carbocycles. The van der Waals surface area contributed by atoms with Crippen LogP contribution in [0.5, 0.6) is 0 Å². The molecule has 2 aliphatic rings. The van der Waals surface area contributed by atoms with E-state index >= 15 is 0 Å². The summed E-state index contributed by atoms with van der Waals surface area (Å²) in [6.45, 7) is 0.873. The molecule has 0 bridgehead atoms. The lowest BCUT2D eigenvalue weighted by Gasteiger charge is -2.25. The van der Waals surface area contributed by atoms with Gasteiger partial charge in [-0.15, -0.1) is 0 Å². The maximum atomic E-state index is 11.9. The van der Waals surface area contributed by atoms with Crippen LogP contribution in [-0.4, -0.2) is 23.7 Å². The minimum absolute atomic E-state index is 0.157. The fourth-order valence-corrected chi connectivity index (χ4v) is 2.94. The number of carbonyl (C=O) groups is 1. The monoisotopic (exact) mass is 225 g/mol. The Kier molecular flexibility index (Phi) is 4.22. The van der Waals surface area contributed by atoms with Crippen LogP contribution in [0, 0.1) is 11.8 Å². The molecule has 0 atom stereocenters. The van der Waals surface area contributed by atoms with Crippen molar-refractivity contribution in [2.45, 2.75) is 57.5 Å². The van der Waals surface area contributed by atoms with E-state index in [-0.39, 0.29) is 17.9 Å². The van der Waals surface area contributed by atoms with Gasteiger partial charge in [0.25, 0.3) is 0 Å². The summed E-state index contributed by atoms with van der Waals surface area (Å²) >= 11 is 0. The quantitative estimate of drug-likeness (QED) is 0.770. The molecule has 2 fully saturated rings. The maximum absolute atomic E-state index is 11.9. The fourth-order valence-electron chi connectivity index (χ4n) is 2.94. The highest BCUT2D eigenvalue weighted by Gasteiger charge is 2.25. The first kappa shape index (κ1) is 11.9. The average molecular weight is 225 g/mol. The highest BCUT2D eigenvalue weighted by atomic mass is 16.3. The Morgan fingerprint density at radius 3 is 2.31 bits per heavy atom. The van der Waals surface area contributed by atoms with E-state index in [4.69, 9.17) is 0 Å². The van der Waals surface area contributed by atoms with Gasteiger partial charge in [-0.2, -0.15) is 0 Å². The van der Waals surface area contributed by atoms with Gasteiger partial charge in [0, 0.05) is 12.5 Å². The van der Waals surface area contributed by atoms with Crippen LogP contribution in [0.4, 0.5) is 0 Å². The van der Waals surface area contributed by atoms with E-state index in [0.717, 1.165) is 38.1 Å². The molecule has 2 rings (SSSR count). The minimum Gasteiger partial charge on any atom is -0.393 e. The second kappa shape index (κ2) is 5.67. The van der Waals surface area contributed by atoms with E-state index in [1.165, 1.54) is 25.7 Å². The van der Waals surface area contributed by atoms with Crippen molar-refractivity contribution in [2.24, 2.45) is 11.8 Å². The number of rotatable bonds is 3. The molecule has 0 aliphatic heterocycles. The molecule has 0 spiro atoms. The number of carbonyl (C=O) groups excluding carboxylic acids is 1. The van der Waals surface area contributed by atoms with Gasteiger partial charge in [-0.25, -0.2) is 0 Å². The topological polar surface area (TPSA) is 49.3 Å². The normalized spacial score (nSPS) is 31.6. The first-order valence-corrected chi connectivity index (χ1v) is 6.71. The Bertz CT molecular complexity index is 228. The van der Waals surface area contributed by atoms with Crippen molar-refractivity contribution in [2.75, 3.05) is 6.54 Å². The zero-order valence-corrected chi connectivity index (χ0v) is 9.95. The van der Waals surface area contributed by atoms with Gasteiger partial charge in [0.15, 0.2) is 0 Å². The lowest BCUT2D eigenvalue weighted by Crippen LogP contribution is -2.36. The molecule has 2 aliphatic carbocycles. The van der Waals surface area contributed by atoms with Crippen LogP contribution in [0.1, 0.15) is 51.4 Å². The molecular weight excluding hydrogens is 202 g/mol. The first-order chi connectivity index (χ1) is 7.75. The Labute approximate surface area is 97.6 Å². The van der Waals surface area contributed by atoms with Crippen molar-refractivity contribution in [1.82, 2.24) is 5.32 Å². The van der Waals surface area contributed by atoms with Crippen molar-refractivity contribution >= 4 is 5.91 Å². The molecule has 0 saturated heterocycles. The predicted molar refractivity (Wildman–Crippen MR) is 62.9 cm³/mol. The van der Waals surface area contributed by atoms with Gasteiger partial charge in [0.1, 0.15) is 0 Å². The second-order valence-electron chi connectivity index (χ2n) is 5.40. The highest BCUT2D eigenvalue weighted by Crippen LogP contribution is 2.26.